The van der Waals surface area contributed by atoms with Gasteiger partial charge in [0.05, 0.1) is 6.20 Å². The smallest absolute Gasteiger partial charge is 0.222 e. The molecule has 1 aromatic carbocycles. The zero-order valence-corrected chi connectivity index (χ0v) is 15.3. The third-order valence-electron chi connectivity index (χ3n) is 4.78. The van der Waals surface area contributed by atoms with Crippen molar-refractivity contribution in [3.05, 3.63) is 53.9 Å². The summed E-state index contributed by atoms with van der Waals surface area (Å²) in [6.45, 7) is 6.87. The minimum Gasteiger partial charge on any atom is -0.341 e. The van der Waals surface area contributed by atoms with Gasteiger partial charge in [-0.25, -0.2) is 0 Å². The largest absolute Gasteiger partial charge is 0.341 e. The zero-order chi connectivity index (χ0) is 17.6. The second kappa shape index (κ2) is 8.30. The minimum absolute atomic E-state index is 0.261. The number of nitrogens with zero attached hydrogens (tertiary/aromatic N) is 4. The van der Waals surface area contributed by atoms with Crippen LogP contribution in [0.4, 0.5) is 0 Å². The van der Waals surface area contributed by atoms with Crippen molar-refractivity contribution in [2.45, 2.75) is 26.3 Å². The first-order valence-corrected chi connectivity index (χ1v) is 9.12. The van der Waals surface area contributed by atoms with Crippen LogP contribution in [0.2, 0.25) is 0 Å². The molecule has 1 atom stereocenters. The predicted molar refractivity (Wildman–Crippen MR) is 99.0 cm³/mol. The average molecular weight is 340 g/mol. The van der Waals surface area contributed by atoms with Gasteiger partial charge in [-0.1, -0.05) is 37.3 Å². The highest BCUT2D eigenvalue weighted by Crippen LogP contribution is 2.14. The molecule has 1 aromatic heterocycles. The molecule has 25 heavy (non-hydrogen) atoms. The second-order valence-electron chi connectivity index (χ2n) is 7.19. The maximum absolute atomic E-state index is 12.6. The van der Waals surface area contributed by atoms with Crippen molar-refractivity contribution < 1.29 is 4.79 Å². The molecular formula is C20H28N4O. The summed E-state index contributed by atoms with van der Waals surface area (Å²) in [5.41, 5.74) is 2.47. The van der Waals surface area contributed by atoms with E-state index < -0.39 is 0 Å². The normalized spacial score (nSPS) is 19.0. The van der Waals surface area contributed by atoms with Crippen LogP contribution in [0.3, 0.4) is 0 Å². The van der Waals surface area contributed by atoms with Gasteiger partial charge >= 0.3 is 0 Å². The monoisotopic (exact) mass is 340 g/mol. The molecule has 1 aliphatic rings. The molecular weight excluding hydrogens is 312 g/mol. The number of aryl methyl sites for hydroxylation is 2. The minimum atomic E-state index is 0.261. The fourth-order valence-corrected chi connectivity index (χ4v) is 3.54. The van der Waals surface area contributed by atoms with Gasteiger partial charge in [-0.15, -0.1) is 0 Å². The first kappa shape index (κ1) is 17.7. The SMILES string of the molecule is C[C@@H]1CN(Cc2ccccc2)CCN(C(=O)CCc2cnn(C)c2)C1. The fraction of sp³-hybridized carbons (Fsp3) is 0.500. The van der Waals surface area contributed by atoms with E-state index in [1.165, 1.54) is 5.56 Å². The molecule has 3 rings (SSSR count). The number of amides is 1. The van der Waals surface area contributed by atoms with Crippen molar-refractivity contribution in [1.82, 2.24) is 19.6 Å². The Kier molecular flexibility index (Phi) is 5.87. The van der Waals surface area contributed by atoms with Crippen LogP contribution in [-0.4, -0.2) is 51.7 Å². The number of aromatic nitrogens is 2. The van der Waals surface area contributed by atoms with E-state index in [9.17, 15) is 4.79 Å². The second-order valence-corrected chi connectivity index (χ2v) is 7.19. The van der Waals surface area contributed by atoms with Gasteiger partial charge in [0.2, 0.25) is 5.91 Å². The maximum Gasteiger partial charge on any atom is 0.222 e. The molecule has 0 N–H and O–H groups in total. The highest BCUT2D eigenvalue weighted by molar-refractivity contribution is 5.76. The predicted octanol–water partition coefficient (Wildman–Crippen LogP) is 2.33. The van der Waals surface area contributed by atoms with Gasteiger partial charge in [0.1, 0.15) is 0 Å². The lowest BCUT2D eigenvalue weighted by Gasteiger charge is -2.22. The number of carbonyl (C=O) groups excluding carboxylic acids is 1. The third kappa shape index (κ3) is 5.16. The third-order valence-corrected chi connectivity index (χ3v) is 4.78. The summed E-state index contributed by atoms with van der Waals surface area (Å²) in [5.74, 6) is 0.755. The molecule has 2 aromatic rings. The van der Waals surface area contributed by atoms with Gasteiger partial charge in [-0.3, -0.25) is 14.4 Å². The van der Waals surface area contributed by atoms with Gasteiger partial charge in [0, 0.05) is 52.4 Å². The highest BCUT2D eigenvalue weighted by Gasteiger charge is 2.23. The van der Waals surface area contributed by atoms with Crippen molar-refractivity contribution >= 4 is 5.91 Å². The first-order valence-electron chi connectivity index (χ1n) is 9.12. The summed E-state index contributed by atoms with van der Waals surface area (Å²) in [7, 11) is 1.91. The average Bonchev–Trinajstić information content (AvgIpc) is 2.93. The number of rotatable bonds is 5. The number of benzene rings is 1. The summed E-state index contributed by atoms with van der Waals surface area (Å²) >= 11 is 0. The van der Waals surface area contributed by atoms with Gasteiger partial charge < -0.3 is 4.90 Å². The Balaban J connectivity index is 1.52. The molecule has 1 fully saturated rings. The topological polar surface area (TPSA) is 41.4 Å². The quantitative estimate of drug-likeness (QED) is 0.839. The van der Waals surface area contributed by atoms with Crippen molar-refractivity contribution in [3.8, 4) is 0 Å². The Labute approximate surface area is 150 Å². The van der Waals surface area contributed by atoms with Gasteiger partial charge in [0.15, 0.2) is 0 Å². The van der Waals surface area contributed by atoms with E-state index in [0.717, 1.165) is 44.7 Å². The van der Waals surface area contributed by atoms with E-state index in [0.29, 0.717) is 12.3 Å². The van der Waals surface area contributed by atoms with E-state index in [1.54, 1.807) is 4.68 Å². The lowest BCUT2D eigenvalue weighted by atomic mass is 10.1. The highest BCUT2D eigenvalue weighted by atomic mass is 16.2. The molecule has 5 nitrogen and oxygen atoms in total. The Morgan fingerprint density at radius 1 is 1.16 bits per heavy atom. The Morgan fingerprint density at radius 3 is 2.68 bits per heavy atom. The van der Waals surface area contributed by atoms with Crippen LogP contribution in [0, 0.1) is 5.92 Å². The summed E-state index contributed by atoms with van der Waals surface area (Å²) in [4.78, 5) is 17.1. The van der Waals surface area contributed by atoms with Crippen molar-refractivity contribution in [1.29, 1.82) is 0 Å². The molecule has 0 aliphatic carbocycles. The molecule has 134 valence electrons. The fourth-order valence-electron chi connectivity index (χ4n) is 3.54. The molecule has 0 bridgehead atoms. The van der Waals surface area contributed by atoms with E-state index in [4.69, 9.17) is 0 Å². The molecule has 2 heterocycles. The first-order chi connectivity index (χ1) is 12.1. The van der Waals surface area contributed by atoms with E-state index in [1.807, 2.05) is 24.3 Å². The van der Waals surface area contributed by atoms with Crippen LogP contribution < -0.4 is 0 Å². The van der Waals surface area contributed by atoms with E-state index in [2.05, 4.69) is 47.3 Å². The number of hydrogen-bond acceptors (Lipinski definition) is 3. The van der Waals surface area contributed by atoms with Gasteiger partial charge in [-0.2, -0.15) is 5.10 Å². The van der Waals surface area contributed by atoms with Crippen molar-refractivity contribution in [3.63, 3.8) is 0 Å². The van der Waals surface area contributed by atoms with Crippen LogP contribution in [-0.2, 0) is 24.8 Å². The summed E-state index contributed by atoms with van der Waals surface area (Å²) in [6.07, 6.45) is 5.17. The van der Waals surface area contributed by atoms with Crippen LogP contribution in [0.15, 0.2) is 42.7 Å². The maximum atomic E-state index is 12.6. The van der Waals surface area contributed by atoms with Crippen LogP contribution >= 0.6 is 0 Å². The molecule has 0 unspecified atom stereocenters. The summed E-state index contributed by atoms with van der Waals surface area (Å²) in [5, 5.41) is 4.17. The lowest BCUT2D eigenvalue weighted by molar-refractivity contribution is -0.131. The van der Waals surface area contributed by atoms with Gasteiger partial charge in [0.25, 0.3) is 0 Å². The van der Waals surface area contributed by atoms with E-state index >= 15 is 0 Å². The Morgan fingerprint density at radius 2 is 1.96 bits per heavy atom. The van der Waals surface area contributed by atoms with Crippen LogP contribution in [0.1, 0.15) is 24.5 Å². The molecule has 1 saturated heterocycles. The summed E-state index contributed by atoms with van der Waals surface area (Å²) < 4.78 is 1.79. The standard InChI is InChI=1S/C20H28N4O/c1-17-13-23(16-18-6-4-3-5-7-18)10-11-24(14-17)20(25)9-8-19-12-21-22(2)15-19/h3-7,12,15,17H,8-11,13-14,16H2,1-2H3/t17-/m1/s1. The lowest BCUT2D eigenvalue weighted by Crippen LogP contribution is -2.35. The van der Waals surface area contributed by atoms with Crippen LogP contribution in [0.25, 0.3) is 0 Å². The molecule has 1 amide bonds. The molecule has 1 aliphatic heterocycles. The molecule has 0 spiro atoms. The van der Waals surface area contributed by atoms with Crippen molar-refractivity contribution in [2.24, 2.45) is 13.0 Å². The number of carbonyl (C=O) groups is 1. The summed E-state index contributed by atoms with van der Waals surface area (Å²) in [6, 6.07) is 10.6. The van der Waals surface area contributed by atoms with Crippen molar-refractivity contribution in [2.75, 3.05) is 26.2 Å². The van der Waals surface area contributed by atoms with E-state index in [-0.39, 0.29) is 5.91 Å². The molecule has 0 radical (unpaired) electrons. The Bertz CT molecular complexity index is 682. The molecule has 0 saturated carbocycles. The molecule has 5 heteroatoms. The van der Waals surface area contributed by atoms with Gasteiger partial charge in [-0.05, 0) is 23.5 Å². The Hall–Kier alpha value is -2.14. The van der Waals surface area contributed by atoms with Crippen LogP contribution in [0.5, 0.6) is 0 Å². The number of hydrogen-bond donors (Lipinski definition) is 0. The zero-order valence-electron chi connectivity index (χ0n) is 15.3.